The van der Waals surface area contributed by atoms with Crippen LogP contribution in [0.4, 0.5) is 0 Å². The van der Waals surface area contributed by atoms with Gasteiger partial charge < -0.3 is 9.64 Å². The number of rotatable bonds is 8. The number of nitrogens with zero attached hydrogens (tertiary/aromatic N) is 4. The maximum atomic E-state index is 12.8. The predicted octanol–water partition coefficient (Wildman–Crippen LogP) is 5.20. The van der Waals surface area contributed by atoms with Crippen molar-refractivity contribution in [3.05, 3.63) is 101 Å². The summed E-state index contributed by atoms with van der Waals surface area (Å²) in [6, 6.07) is 24.7. The quantitative estimate of drug-likeness (QED) is 0.325. The zero-order valence-electron chi connectivity index (χ0n) is 20.9. The lowest BCUT2D eigenvalue weighted by atomic mass is 10.0. The van der Waals surface area contributed by atoms with Crippen molar-refractivity contribution in [1.82, 2.24) is 19.9 Å². The monoisotopic (exact) mass is 480 g/mol. The van der Waals surface area contributed by atoms with Gasteiger partial charge in [0.2, 0.25) is 0 Å². The fourth-order valence-electron chi connectivity index (χ4n) is 4.50. The lowest BCUT2D eigenvalue weighted by Gasteiger charge is -2.29. The van der Waals surface area contributed by atoms with Crippen LogP contribution in [0.2, 0.25) is 0 Å². The molecule has 0 N–H and O–H groups in total. The van der Waals surface area contributed by atoms with Crippen LogP contribution in [0.15, 0.2) is 79.0 Å². The molecule has 0 bridgehead atoms. The number of piperidine rings is 1. The van der Waals surface area contributed by atoms with Gasteiger partial charge in [-0.2, -0.15) is 0 Å². The summed E-state index contributed by atoms with van der Waals surface area (Å²) < 4.78 is 7.87. The highest BCUT2D eigenvalue weighted by molar-refractivity contribution is 5.95. The Balaban J connectivity index is 1.16. The van der Waals surface area contributed by atoms with Crippen molar-refractivity contribution in [1.29, 1.82) is 0 Å². The summed E-state index contributed by atoms with van der Waals surface area (Å²) in [7, 11) is 2.16. The van der Waals surface area contributed by atoms with Crippen LogP contribution in [-0.2, 0) is 13.0 Å². The number of ketones is 1. The fraction of sp³-hybridized carbons (Fsp3) is 0.300. The second-order valence-electron chi connectivity index (χ2n) is 9.73. The Morgan fingerprint density at radius 2 is 1.50 bits per heavy atom. The van der Waals surface area contributed by atoms with Crippen LogP contribution in [0.5, 0.6) is 5.75 Å². The molecule has 0 radical (unpaired) electrons. The Bertz CT molecular complexity index is 1290. The number of hydrogen-bond acceptors (Lipinski definition) is 5. The minimum absolute atomic E-state index is 0.0340. The molecule has 4 aromatic rings. The van der Waals surface area contributed by atoms with Crippen LogP contribution in [0.25, 0.3) is 11.1 Å². The average molecular weight is 481 g/mol. The summed E-state index contributed by atoms with van der Waals surface area (Å²) in [6.45, 7) is 4.83. The molecule has 0 unspecified atom stereocenters. The molecule has 1 aliphatic rings. The van der Waals surface area contributed by atoms with Crippen molar-refractivity contribution in [2.24, 2.45) is 0 Å². The first-order valence-corrected chi connectivity index (χ1v) is 12.6. The summed E-state index contributed by atoms with van der Waals surface area (Å²) in [5, 5.41) is 8.23. The third kappa shape index (κ3) is 6.07. The minimum Gasteiger partial charge on any atom is -0.490 e. The van der Waals surface area contributed by atoms with E-state index in [0.717, 1.165) is 53.9 Å². The molecular formula is C30H32N4O2. The molecule has 1 fully saturated rings. The van der Waals surface area contributed by atoms with E-state index in [1.165, 1.54) is 5.56 Å². The number of aromatic nitrogens is 3. The first-order valence-electron chi connectivity index (χ1n) is 12.6. The Labute approximate surface area is 212 Å². The maximum Gasteiger partial charge on any atom is 0.189 e. The summed E-state index contributed by atoms with van der Waals surface area (Å²) in [4.78, 5) is 15.1. The van der Waals surface area contributed by atoms with Crippen LogP contribution >= 0.6 is 0 Å². The zero-order chi connectivity index (χ0) is 24.9. The number of aryl methyl sites for hydroxylation is 1. The molecule has 0 spiro atoms. The van der Waals surface area contributed by atoms with Crippen LogP contribution in [-0.4, -0.2) is 51.9 Å². The first kappa shape index (κ1) is 23.9. The minimum atomic E-state index is -0.0340. The summed E-state index contributed by atoms with van der Waals surface area (Å²) in [6.07, 6.45) is 4.47. The van der Waals surface area contributed by atoms with E-state index < -0.39 is 0 Å². The molecule has 0 amide bonds. The molecule has 6 heteroatoms. The first-order chi connectivity index (χ1) is 17.5. The van der Waals surface area contributed by atoms with Crippen molar-refractivity contribution in [2.75, 3.05) is 20.1 Å². The molecule has 5 rings (SSSR count). The van der Waals surface area contributed by atoms with Crippen molar-refractivity contribution in [3.63, 3.8) is 0 Å². The lowest BCUT2D eigenvalue weighted by Crippen LogP contribution is -2.35. The van der Waals surface area contributed by atoms with Gasteiger partial charge >= 0.3 is 0 Å². The number of hydrogen-bond donors (Lipinski definition) is 0. The number of benzene rings is 3. The van der Waals surface area contributed by atoms with E-state index in [9.17, 15) is 4.79 Å². The van der Waals surface area contributed by atoms with Gasteiger partial charge in [0.05, 0.1) is 12.7 Å². The van der Waals surface area contributed by atoms with Gasteiger partial charge in [-0.3, -0.25) is 4.79 Å². The summed E-state index contributed by atoms with van der Waals surface area (Å²) in [5.74, 6) is 0.888. The van der Waals surface area contributed by atoms with E-state index in [-0.39, 0.29) is 5.78 Å². The highest BCUT2D eigenvalue weighted by Crippen LogP contribution is 2.25. The van der Waals surface area contributed by atoms with Gasteiger partial charge in [-0.05, 0) is 61.2 Å². The van der Waals surface area contributed by atoms with Crippen LogP contribution in [0.1, 0.15) is 40.0 Å². The van der Waals surface area contributed by atoms with E-state index in [4.69, 9.17) is 4.74 Å². The average Bonchev–Trinajstić information content (AvgIpc) is 3.37. The largest absolute Gasteiger partial charge is 0.490 e. The van der Waals surface area contributed by atoms with Gasteiger partial charge in [-0.1, -0.05) is 71.4 Å². The van der Waals surface area contributed by atoms with Gasteiger partial charge in [0.1, 0.15) is 17.5 Å². The van der Waals surface area contributed by atoms with Crippen LogP contribution in [0.3, 0.4) is 0 Å². The van der Waals surface area contributed by atoms with Gasteiger partial charge in [-0.25, -0.2) is 4.68 Å². The number of carbonyl (C=O) groups is 1. The third-order valence-corrected chi connectivity index (χ3v) is 6.76. The van der Waals surface area contributed by atoms with Crippen LogP contribution < -0.4 is 4.74 Å². The van der Waals surface area contributed by atoms with E-state index in [2.05, 4.69) is 77.7 Å². The SMILES string of the molecule is Cc1ccc(Cn2cc(C(=O)Cc3ccc(-c4ccc(OC5CCN(C)CC5)cc4)cc3)nn2)cc1. The van der Waals surface area contributed by atoms with Gasteiger partial charge in [0, 0.05) is 19.5 Å². The predicted molar refractivity (Wildman–Crippen MR) is 141 cm³/mol. The maximum absolute atomic E-state index is 12.8. The molecule has 1 saturated heterocycles. The molecule has 3 aromatic carbocycles. The molecule has 1 aromatic heterocycles. The number of ether oxygens (including phenoxy) is 1. The summed E-state index contributed by atoms with van der Waals surface area (Å²) >= 11 is 0. The summed E-state index contributed by atoms with van der Waals surface area (Å²) in [5.41, 5.74) is 5.93. The number of carbonyl (C=O) groups excluding carboxylic acids is 1. The lowest BCUT2D eigenvalue weighted by molar-refractivity contribution is 0.0988. The second kappa shape index (κ2) is 10.9. The van der Waals surface area contributed by atoms with Crippen molar-refractivity contribution in [2.45, 2.75) is 38.8 Å². The Morgan fingerprint density at radius 1 is 0.889 bits per heavy atom. The van der Waals surface area contributed by atoms with E-state index in [1.54, 1.807) is 10.9 Å². The van der Waals surface area contributed by atoms with Crippen molar-refractivity contribution in [3.8, 4) is 16.9 Å². The highest BCUT2D eigenvalue weighted by Gasteiger charge is 2.18. The normalized spacial score (nSPS) is 14.6. The Morgan fingerprint density at radius 3 is 2.17 bits per heavy atom. The Kier molecular flexibility index (Phi) is 7.23. The molecule has 6 nitrogen and oxygen atoms in total. The topological polar surface area (TPSA) is 60.2 Å². The molecule has 36 heavy (non-hydrogen) atoms. The Hall–Kier alpha value is -3.77. The second-order valence-corrected chi connectivity index (χ2v) is 9.73. The molecule has 184 valence electrons. The molecule has 2 heterocycles. The number of likely N-dealkylation sites (tertiary alicyclic amines) is 1. The standard InChI is InChI=1S/C30H32N4O2/c1-22-3-5-24(6-4-22)20-34-21-29(31-32-34)30(35)19-23-7-9-25(10-8-23)26-11-13-27(14-12-26)36-28-15-17-33(2)18-16-28/h3-14,21,28H,15-20H2,1-2H3. The highest BCUT2D eigenvalue weighted by atomic mass is 16.5. The number of Topliss-reactive ketones (excluding diaryl/α,β-unsaturated/α-hetero) is 1. The van der Waals surface area contributed by atoms with Crippen molar-refractivity contribution >= 4 is 5.78 Å². The smallest absolute Gasteiger partial charge is 0.189 e. The van der Waals surface area contributed by atoms with Gasteiger partial charge in [0.25, 0.3) is 0 Å². The van der Waals surface area contributed by atoms with E-state index in [1.807, 2.05) is 24.3 Å². The zero-order valence-corrected chi connectivity index (χ0v) is 20.9. The van der Waals surface area contributed by atoms with E-state index in [0.29, 0.717) is 24.8 Å². The fourth-order valence-corrected chi connectivity index (χ4v) is 4.50. The molecule has 0 aliphatic carbocycles. The third-order valence-electron chi connectivity index (χ3n) is 6.76. The van der Waals surface area contributed by atoms with E-state index >= 15 is 0 Å². The molecule has 0 saturated carbocycles. The molecular weight excluding hydrogens is 448 g/mol. The molecule has 1 aliphatic heterocycles. The van der Waals surface area contributed by atoms with Crippen LogP contribution in [0, 0.1) is 6.92 Å². The van der Waals surface area contributed by atoms with Gasteiger partial charge in [0.15, 0.2) is 5.78 Å². The van der Waals surface area contributed by atoms with Gasteiger partial charge in [-0.15, -0.1) is 5.10 Å². The van der Waals surface area contributed by atoms with Crippen molar-refractivity contribution < 1.29 is 9.53 Å². The molecule has 0 atom stereocenters.